The van der Waals surface area contributed by atoms with Crippen molar-refractivity contribution < 1.29 is 4.74 Å². The summed E-state index contributed by atoms with van der Waals surface area (Å²) in [4.78, 5) is 8.90. The minimum atomic E-state index is -0.0199. The van der Waals surface area contributed by atoms with Gasteiger partial charge in [-0.15, -0.1) is 0 Å². The van der Waals surface area contributed by atoms with E-state index in [-0.39, 0.29) is 5.41 Å². The van der Waals surface area contributed by atoms with Crippen molar-refractivity contribution in [3.63, 3.8) is 0 Å². The van der Waals surface area contributed by atoms with E-state index in [1.54, 1.807) is 0 Å². The van der Waals surface area contributed by atoms with Gasteiger partial charge in [0.15, 0.2) is 0 Å². The molecule has 0 amide bonds. The van der Waals surface area contributed by atoms with Crippen molar-refractivity contribution in [2.24, 2.45) is 0 Å². The lowest BCUT2D eigenvalue weighted by Crippen LogP contribution is -2.20. The first-order valence-corrected chi connectivity index (χ1v) is 6.84. The molecule has 1 aromatic heterocycles. The van der Waals surface area contributed by atoms with Crippen molar-refractivity contribution in [2.45, 2.75) is 39.5 Å². The van der Waals surface area contributed by atoms with Crippen molar-refractivity contribution in [1.29, 1.82) is 0 Å². The van der Waals surface area contributed by atoms with Crippen LogP contribution < -0.4 is 5.73 Å². The third-order valence-corrected chi connectivity index (χ3v) is 3.37. The Morgan fingerprint density at radius 1 is 1.29 bits per heavy atom. The van der Waals surface area contributed by atoms with Crippen LogP contribution in [0.25, 0.3) is 0 Å². The van der Waals surface area contributed by atoms with Gasteiger partial charge >= 0.3 is 0 Å². The summed E-state index contributed by atoms with van der Waals surface area (Å²) in [5.41, 5.74) is 6.91. The largest absolute Gasteiger partial charge is 0.383 e. The van der Waals surface area contributed by atoms with Gasteiger partial charge in [-0.2, -0.15) is 0 Å². The smallest absolute Gasteiger partial charge is 0.140 e. The van der Waals surface area contributed by atoms with Crippen molar-refractivity contribution in [3.8, 4) is 0 Å². The molecule has 1 aromatic rings. The molecule has 5 heteroatoms. The molecular formula is C12H20IN3O. The number of nitrogen functional groups attached to an aromatic ring is 1. The first-order valence-electron chi connectivity index (χ1n) is 5.76. The van der Waals surface area contributed by atoms with Crippen LogP contribution in [0.5, 0.6) is 0 Å². The number of hydrogen-bond donors (Lipinski definition) is 1. The van der Waals surface area contributed by atoms with Crippen LogP contribution in [0.2, 0.25) is 0 Å². The molecule has 0 saturated heterocycles. The van der Waals surface area contributed by atoms with Crippen LogP contribution in [0.1, 0.15) is 39.2 Å². The summed E-state index contributed by atoms with van der Waals surface area (Å²) < 4.78 is 6.26. The summed E-state index contributed by atoms with van der Waals surface area (Å²) in [6.07, 6.45) is 0.706. The van der Waals surface area contributed by atoms with Crippen molar-refractivity contribution in [3.05, 3.63) is 15.1 Å². The second kappa shape index (κ2) is 5.95. The molecular weight excluding hydrogens is 329 g/mol. The molecule has 0 aliphatic heterocycles. The molecule has 0 aromatic carbocycles. The standard InChI is InChI=1S/C12H20IN3O/c1-5-17-7-6-8-15-10(12(2,3)4)9(13)11(14)16-8/h5-7H2,1-4H3,(H2,14,15,16). The van der Waals surface area contributed by atoms with Gasteiger partial charge < -0.3 is 10.5 Å². The number of hydrogen-bond acceptors (Lipinski definition) is 4. The Morgan fingerprint density at radius 3 is 2.47 bits per heavy atom. The van der Waals surface area contributed by atoms with E-state index in [0.717, 1.165) is 15.1 Å². The van der Waals surface area contributed by atoms with Crippen LogP contribution in [0.15, 0.2) is 0 Å². The van der Waals surface area contributed by atoms with E-state index in [4.69, 9.17) is 10.5 Å². The number of ether oxygens (including phenoxy) is 1. The maximum Gasteiger partial charge on any atom is 0.140 e. The maximum absolute atomic E-state index is 5.92. The minimum absolute atomic E-state index is 0.0199. The molecule has 1 heterocycles. The average Bonchev–Trinajstić information content (AvgIpc) is 2.21. The fourth-order valence-electron chi connectivity index (χ4n) is 1.43. The zero-order valence-electron chi connectivity index (χ0n) is 10.9. The van der Waals surface area contributed by atoms with Gasteiger partial charge in [-0.05, 0) is 29.5 Å². The van der Waals surface area contributed by atoms with E-state index in [2.05, 4.69) is 53.3 Å². The Labute approximate surface area is 117 Å². The van der Waals surface area contributed by atoms with Crippen LogP contribution in [0.3, 0.4) is 0 Å². The van der Waals surface area contributed by atoms with Crippen molar-refractivity contribution in [1.82, 2.24) is 9.97 Å². The van der Waals surface area contributed by atoms with E-state index >= 15 is 0 Å². The van der Waals surface area contributed by atoms with Gasteiger partial charge in [0.25, 0.3) is 0 Å². The summed E-state index contributed by atoms with van der Waals surface area (Å²) in [5.74, 6) is 1.33. The van der Waals surface area contributed by atoms with Gasteiger partial charge in [0, 0.05) is 18.4 Å². The van der Waals surface area contributed by atoms with Crippen LogP contribution in [-0.2, 0) is 16.6 Å². The summed E-state index contributed by atoms with van der Waals surface area (Å²) in [6, 6.07) is 0. The number of halogens is 1. The maximum atomic E-state index is 5.92. The van der Waals surface area contributed by atoms with Crippen LogP contribution in [0, 0.1) is 3.57 Å². The average molecular weight is 349 g/mol. The number of nitrogens with zero attached hydrogens (tertiary/aromatic N) is 2. The van der Waals surface area contributed by atoms with Crippen molar-refractivity contribution >= 4 is 28.4 Å². The van der Waals surface area contributed by atoms with Crippen molar-refractivity contribution in [2.75, 3.05) is 18.9 Å². The normalized spacial score (nSPS) is 11.8. The lowest BCUT2D eigenvalue weighted by Gasteiger charge is -2.20. The predicted octanol–water partition coefficient (Wildman–Crippen LogP) is 2.54. The molecule has 0 saturated carbocycles. The molecule has 1 rings (SSSR count). The molecule has 4 nitrogen and oxygen atoms in total. The highest BCUT2D eigenvalue weighted by Crippen LogP contribution is 2.27. The Hall–Kier alpha value is -0.430. The second-order valence-electron chi connectivity index (χ2n) is 4.88. The topological polar surface area (TPSA) is 61.0 Å². The monoisotopic (exact) mass is 349 g/mol. The van der Waals surface area contributed by atoms with E-state index in [9.17, 15) is 0 Å². The van der Waals surface area contributed by atoms with Gasteiger partial charge in [0.05, 0.1) is 15.9 Å². The Morgan fingerprint density at radius 2 is 1.94 bits per heavy atom. The zero-order chi connectivity index (χ0) is 13.1. The molecule has 0 spiro atoms. The minimum Gasteiger partial charge on any atom is -0.383 e. The molecule has 2 N–H and O–H groups in total. The summed E-state index contributed by atoms with van der Waals surface area (Å²) >= 11 is 2.21. The molecule has 0 unspecified atom stereocenters. The van der Waals surface area contributed by atoms with E-state index in [0.29, 0.717) is 25.5 Å². The zero-order valence-corrected chi connectivity index (χ0v) is 13.0. The SMILES string of the molecule is CCOCCc1nc(N)c(I)c(C(C)(C)C)n1. The highest BCUT2D eigenvalue weighted by molar-refractivity contribution is 14.1. The third kappa shape index (κ3) is 4.06. The third-order valence-electron chi connectivity index (χ3n) is 2.31. The Kier molecular flexibility index (Phi) is 5.12. The molecule has 0 fully saturated rings. The molecule has 0 radical (unpaired) electrons. The molecule has 0 aliphatic carbocycles. The highest BCUT2D eigenvalue weighted by atomic mass is 127. The lowest BCUT2D eigenvalue weighted by atomic mass is 9.92. The van der Waals surface area contributed by atoms with E-state index in [1.165, 1.54) is 0 Å². The molecule has 0 bridgehead atoms. The van der Waals surface area contributed by atoms with Crippen LogP contribution in [0.4, 0.5) is 5.82 Å². The van der Waals surface area contributed by atoms with E-state index < -0.39 is 0 Å². The summed E-state index contributed by atoms with van der Waals surface area (Å²) in [7, 11) is 0. The van der Waals surface area contributed by atoms with E-state index in [1.807, 2.05) is 6.92 Å². The number of aromatic nitrogens is 2. The molecule has 0 aliphatic rings. The van der Waals surface area contributed by atoms with Gasteiger partial charge in [-0.3, -0.25) is 0 Å². The summed E-state index contributed by atoms with van der Waals surface area (Å²) in [5, 5.41) is 0. The van der Waals surface area contributed by atoms with Gasteiger partial charge in [-0.1, -0.05) is 20.8 Å². The van der Waals surface area contributed by atoms with Crippen LogP contribution >= 0.6 is 22.6 Å². The first kappa shape index (κ1) is 14.6. The van der Waals surface area contributed by atoms with Gasteiger partial charge in [-0.25, -0.2) is 9.97 Å². The fraction of sp³-hybridized carbons (Fsp3) is 0.667. The molecule has 96 valence electrons. The quantitative estimate of drug-likeness (QED) is 0.670. The van der Waals surface area contributed by atoms with Crippen LogP contribution in [-0.4, -0.2) is 23.2 Å². The first-order chi connectivity index (χ1) is 7.86. The van der Waals surface area contributed by atoms with Gasteiger partial charge in [0.2, 0.25) is 0 Å². The lowest BCUT2D eigenvalue weighted by molar-refractivity contribution is 0.149. The molecule has 17 heavy (non-hydrogen) atoms. The Bertz CT molecular complexity index is 388. The summed E-state index contributed by atoms with van der Waals surface area (Å²) in [6.45, 7) is 9.71. The fourth-order valence-corrected chi connectivity index (χ4v) is 2.48. The second-order valence-corrected chi connectivity index (χ2v) is 5.96. The number of nitrogens with two attached hydrogens (primary N) is 1. The number of rotatable bonds is 4. The van der Waals surface area contributed by atoms with Gasteiger partial charge in [0.1, 0.15) is 11.6 Å². The highest BCUT2D eigenvalue weighted by Gasteiger charge is 2.22. The number of anilines is 1. The Balaban J connectivity index is 2.98. The predicted molar refractivity (Wildman–Crippen MR) is 78.1 cm³/mol. The molecule has 0 atom stereocenters.